The van der Waals surface area contributed by atoms with Crippen LogP contribution in [0, 0.1) is 11.6 Å². The Bertz CT molecular complexity index is 438. The number of likely N-dealkylation sites (N-methyl/N-ethyl adjacent to an activating group) is 1. The van der Waals surface area contributed by atoms with Gasteiger partial charge in [0.15, 0.2) is 11.6 Å². The number of hydrogen-bond donors (Lipinski definition) is 1. The zero-order chi connectivity index (χ0) is 14.5. The molecular formula is C15H22F2N2O. The SMILES string of the molecule is CNC(CN(CCOC)C1CC1)c1cccc(F)c1F. The molecule has 1 fully saturated rings. The van der Waals surface area contributed by atoms with Gasteiger partial charge in [-0.25, -0.2) is 8.78 Å². The molecular weight excluding hydrogens is 262 g/mol. The highest BCUT2D eigenvalue weighted by atomic mass is 19.2. The van der Waals surface area contributed by atoms with Crippen LogP contribution < -0.4 is 5.32 Å². The molecule has 1 N–H and O–H groups in total. The van der Waals surface area contributed by atoms with Gasteiger partial charge in [-0.2, -0.15) is 0 Å². The molecule has 0 aromatic heterocycles. The molecule has 0 amide bonds. The number of nitrogens with one attached hydrogen (secondary N) is 1. The lowest BCUT2D eigenvalue weighted by Crippen LogP contribution is -2.37. The minimum atomic E-state index is -0.794. The Morgan fingerprint density at radius 3 is 2.75 bits per heavy atom. The summed E-state index contributed by atoms with van der Waals surface area (Å²) in [5.41, 5.74) is 0.385. The van der Waals surface area contributed by atoms with Gasteiger partial charge in [0.1, 0.15) is 0 Å². The molecule has 3 nitrogen and oxygen atoms in total. The quantitative estimate of drug-likeness (QED) is 0.793. The number of ether oxygens (including phenoxy) is 1. The number of benzene rings is 1. The average molecular weight is 284 g/mol. The molecule has 1 aliphatic rings. The van der Waals surface area contributed by atoms with Gasteiger partial charge in [-0.3, -0.25) is 4.90 Å². The summed E-state index contributed by atoms with van der Waals surface area (Å²) in [7, 11) is 3.45. The van der Waals surface area contributed by atoms with Crippen molar-refractivity contribution in [3.8, 4) is 0 Å². The fourth-order valence-corrected chi connectivity index (χ4v) is 2.44. The molecule has 5 heteroatoms. The minimum absolute atomic E-state index is 0.219. The van der Waals surface area contributed by atoms with E-state index in [4.69, 9.17) is 4.74 Å². The summed E-state index contributed by atoms with van der Waals surface area (Å²) in [5, 5.41) is 3.09. The first kappa shape index (κ1) is 15.4. The summed E-state index contributed by atoms with van der Waals surface area (Å²) >= 11 is 0. The molecule has 112 valence electrons. The second-order valence-corrected chi connectivity index (χ2v) is 5.20. The van der Waals surface area contributed by atoms with E-state index in [0.29, 0.717) is 24.8 Å². The van der Waals surface area contributed by atoms with Crippen molar-refractivity contribution in [2.24, 2.45) is 0 Å². The maximum Gasteiger partial charge on any atom is 0.163 e. The van der Waals surface area contributed by atoms with Crippen molar-refractivity contribution in [2.75, 3.05) is 33.9 Å². The number of halogens is 2. The smallest absolute Gasteiger partial charge is 0.163 e. The Balaban J connectivity index is 2.08. The van der Waals surface area contributed by atoms with E-state index in [1.807, 2.05) is 0 Å². The first-order valence-electron chi connectivity index (χ1n) is 7.01. The van der Waals surface area contributed by atoms with Gasteiger partial charge in [0.05, 0.1) is 6.61 Å². The third-order valence-corrected chi connectivity index (χ3v) is 3.77. The van der Waals surface area contributed by atoms with Crippen LogP contribution in [0.5, 0.6) is 0 Å². The van der Waals surface area contributed by atoms with Crippen molar-refractivity contribution in [3.63, 3.8) is 0 Å². The van der Waals surface area contributed by atoms with Crippen LogP contribution in [0.4, 0.5) is 8.78 Å². The van der Waals surface area contributed by atoms with Gasteiger partial charge >= 0.3 is 0 Å². The second-order valence-electron chi connectivity index (χ2n) is 5.20. The summed E-state index contributed by atoms with van der Waals surface area (Å²) in [4.78, 5) is 2.29. The molecule has 0 saturated heterocycles. The third kappa shape index (κ3) is 3.75. The lowest BCUT2D eigenvalue weighted by molar-refractivity contribution is 0.136. The number of rotatable bonds is 8. The largest absolute Gasteiger partial charge is 0.383 e. The Morgan fingerprint density at radius 1 is 1.40 bits per heavy atom. The van der Waals surface area contributed by atoms with Crippen molar-refractivity contribution < 1.29 is 13.5 Å². The lowest BCUT2D eigenvalue weighted by Gasteiger charge is -2.27. The maximum absolute atomic E-state index is 13.9. The molecule has 1 aromatic carbocycles. The minimum Gasteiger partial charge on any atom is -0.383 e. The van der Waals surface area contributed by atoms with Gasteiger partial charge < -0.3 is 10.1 Å². The third-order valence-electron chi connectivity index (χ3n) is 3.77. The highest BCUT2D eigenvalue weighted by molar-refractivity contribution is 5.23. The van der Waals surface area contributed by atoms with Gasteiger partial charge in [0.2, 0.25) is 0 Å². The highest BCUT2D eigenvalue weighted by Crippen LogP contribution is 2.29. The first-order valence-corrected chi connectivity index (χ1v) is 7.01. The molecule has 0 radical (unpaired) electrons. The van der Waals surface area contributed by atoms with Crippen LogP contribution in [0.1, 0.15) is 24.4 Å². The molecule has 0 aliphatic heterocycles. The van der Waals surface area contributed by atoms with Gasteiger partial charge in [-0.15, -0.1) is 0 Å². The first-order chi connectivity index (χ1) is 9.67. The Morgan fingerprint density at radius 2 is 2.15 bits per heavy atom. The predicted octanol–water partition coefficient (Wildman–Crippen LogP) is 2.34. The van der Waals surface area contributed by atoms with Crippen LogP contribution >= 0.6 is 0 Å². The zero-order valence-electron chi connectivity index (χ0n) is 12.0. The Labute approximate surface area is 118 Å². The molecule has 2 rings (SSSR count). The van der Waals surface area contributed by atoms with E-state index >= 15 is 0 Å². The van der Waals surface area contributed by atoms with Crippen LogP contribution in [-0.4, -0.2) is 44.8 Å². The number of hydrogen-bond acceptors (Lipinski definition) is 3. The second kappa shape index (κ2) is 7.11. The molecule has 0 spiro atoms. The van der Waals surface area contributed by atoms with Crippen LogP contribution in [0.2, 0.25) is 0 Å². The Kier molecular flexibility index (Phi) is 5.46. The van der Waals surface area contributed by atoms with E-state index in [9.17, 15) is 8.78 Å². The number of methoxy groups -OCH3 is 1. The molecule has 1 aliphatic carbocycles. The monoisotopic (exact) mass is 284 g/mol. The van der Waals surface area contributed by atoms with E-state index in [2.05, 4.69) is 10.2 Å². The molecule has 20 heavy (non-hydrogen) atoms. The maximum atomic E-state index is 13.9. The van der Waals surface area contributed by atoms with Crippen molar-refractivity contribution in [3.05, 3.63) is 35.4 Å². The highest BCUT2D eigenvalue weighted by Gasteiger charge is 2.31. The topological polar surface area (TPSA) is 24.5 Å². The van der Waals surface area contributed by atoms with E-state index in [0.717, 1.165) is 12.6 Å². The zero-order valence-corrected chi connectivity index (χ0v) is 12.0. The van der Waals surface area contributed by atoms with Crippen molar-refractivity contribution in [1.29, 1.82) is 0 Å². The fraction of sp³-hybridized carbons (Fsp3) is 0.600. The summed E-state index contributed by atoms with van der Waals surface area (Å²) in [6.07, 6.45) is 2.34. The van der Waals surface area contributed by atoms with E-state index < -0.39 is 11.6 Å². The summed E-state index contributed by atoms with van der Waals surface area (Å²) in [6, 6.07) is 4.67. The summed E-state index contributed by atoms with van der Waals surface area (Å²) in [6.45, 7) is 2.12. The van der Waals surface area contributed by atoms with Crippen LogP contribution in [0.15, 0.2) is 18.2 Å². The van der Waals surface area contributed by atoms with Gasteiger partial charge in [0, 0.05) is 37.8 Å². The van der Waals surface area contributed by atoms with Crippen molar-refractivity contribution in [1.82, 2.24) is 10.2 Å². The van der Waals surface area contributed by atoms with Crippen LogP contribution in [0.25, 0.3) is 0 Å². The predicted molar refractivity (Wildman–Crippen MR) is 74.6 cm³/mol. The molecule has 1 unspecified atom stereocenters. The standard InChI is InChI=1S/C15H22F2N2O/c1-18-14(12-4-3-5-13(16)15(12)17)10-19(8-9-20-2)11-6-7-11/h3-5,11,14,18H,6-10H2,1-2H3. The number of nitrogens with zero attached hydrogens (tertiary/aromatic N) is 1. The van der Waals surface area contributed by atoms with Crippen LogP contribution in [-0.2, 0) is 4.74 Å². The van der Waals surface area contributed by atoms with Crippen LogP contribution in [0.3, 0.4) is 0 Å². The molecule has 0 bridgehead atoms. The van der Waals surface area contributed by atoms with Gasteiger partial charge in [-0.1, -0.05) is 12.1 Å². The molecule has 1 saturated carbocycles. The summed E-state index contributed by atoms with van der Waals surface area (Å²) in [5.74, 6) is -1.55. The average Bonchev–Trinajstić information content (AvgIpc) is 3.27. The van der Waals surface area contributed by atoms with Crippen molar-refractivity contribution >= 4 is 0 Å². The Hall–Kier alpha value is -1.04. The van der Waals surface area contributed by atoms with E-state index in [-0.39, 0.29) is 6.04 Å². The molecule has 0 heterocycles. The van der Waals surface area contributed by atoms with E-state index in [1.165, 1.54) is 12.8 Å². The lowest BCUT2D eigenvalue weighted by atomic mass is 10.1. The normalized spacial score (nSPS) is 16.6. The molecule has 1 atom stereocenters. The molecule has 1 aromatic rings. The van der Waals surface area contributed by atoms with Gasteiger partial charge in [0.25, 0.3) is 0 Å². The van der Waals surface area contributed by atoms with Gasteiger partial charge in [-0.05, 0) is 26.0 Å². The summed E-state index contributed by atoms with van der Waals surface area (Å²) < 4.78 is 32.4. The van der Waals surface area contributed by atoms with E-state index in [1.54, 1.807) is 26.3 Å². The fourth-order valence-electron chi connectivity index (χ4n) is 2.44. The van der Waals surface area contributed by atoms with Crippen molar-refractivity contribution in [2.45, 2.75) is 24.9 Å².